The third-order valence-corrected chi connectivity index (χ3v) is 2.91. The molecule has 19 heavy (non-hydrogen) atoms. The number of rotatable bonds is 6. The number of amides is 1. The van der Waals surface area contributed by atoms with Gasteiger partial charge in [-0.3, -0.25) is 9.48 Å². The molecule has 1 rings (SSSR count). The van der Waals surface area contributed by atoms with E-state index < -0.39 is 0 Å². The molecule has 0 aliphatic carbocycles. The molecule has 1 amide bonds. The van der Waals surface area contributed by atoms with Gasteiger partial charge in [-0.1, -0.05) is 20.8 Å². The highest BCUT2D eigenvalue weighted by Gasteiger charge is 2.17. The molecule has 0 radical (unpaired) electrons. The highest BCUT2D eigenvalue weighted by atomic mass is 16.2. The topological polar surface area (TPSA) is 76.2 Å². The lowest BCUT2D eigenvalue weighted by atomic mass is 10.2. The van der Waals surface area contributed by atoms with Gasteiger partial charge in [-0.2, -0.15) is 5.10 Å². The van der Waals surface area contributed by atoms with E-state index in [1.54, 1.807) is 4.68 Å². The minimum atomic E-state index is -0.00477. The SMILES string of the molecule is CCc1nn(C)c(N(C)CC(=O)NCC(C)C)c1N. The Balaban J connectivity index is 2.70. The van der Waals surface area contributed by atoms with Crippen molar-refractivity contribution in [3.05, 3.63) is 5.69 Å². The monoisotopic (exact) mass is 267 g/mol. The number of nitrogen functional groups attached to an aromatic ring is 1. The molecule has 0 atom stereocenters. The Kier molecular flexibility index (Phi) is 5.20. The fourth-order valence-electron chi connectivity index (χ4n) is 1.96. The van der Waals surface area contributed by atoms with Gasteiger partial charge in [0.1, 0.15) is 0 Å². The van der Waals surface area contributed by atoms with Crippen molar-refractivity contribution in [1.82, 2.24) is 15.1 Å². The summed E-state index contributed by atoms with van der Waals surface area (Å²) < 4.78 is 1.73. The Morgan fingerprint density at radius 2 is 2.16 bits per heavy atom. The lowest BCUT2D eigenvalue weighted by Crippen LogP contribution is -2.37. The first kappa shape index (κ1) is 15.3. The van der Waals surface area contributed by atoms with Gasteiger partial charge in [0, 0.05) is 20.6 Å². The van der Waals surface area contributed by atoms with Crippen LogP contribution >= 0.6 is 0 Å². The molecule has 3 N–H and O–H groups in total. The van der Waals surface area contributed by atoms with Crippen LogP contribution in [0.2, 0.25) is 0 Å². The predicted molar refractivity (Wildman–Crippen MR) is 78.1 cm³/mol. The molecule has 0 fully saturated rings. The molecule has 0 saturated heterocycles. The number of aryl methyl sites for hydroxylation is 2. The van der Waals surface area contributed by atoms with Crippen LogP contribution in [0, 0.1) is 5.92 Å². The third kappa shape index (κ3) is 3.87. The Morgan fingerprint density at radius 1 is 1.53 bits per heavy atom. The second-order valence-corrected chi connectivity index (χ2v) is 5.22. The molecule has 0 aromatic carbocycles. The van der Waals surface area contributed by atoms with Gasteiger partial charge in [0.05, 0.1) is 17.9 Å². The van der Waals surface area contributed by atoms with E-state index in [0.717, 1.165) is 17.9 Å². The molecule has 1 aromatic heterocycles. The van der Waals surface area contributed by atoms with Crippen LogP contribution in [0.25, 0.3) is 0 Å². The van der Waals surface area contributed by atoms with Crippen molar-refractivity contribution in [2.45, 2.75) is 27.2 Å². The number of hydrogen-bond donors (Lipinski definition) is 2. The predicted octanol–water partition coefficient (Wildman–Crippen LogP) is 0.773. The Hall–Kier alpha value is -1.72. The standard InChI is InChI=1S/C13H25N5O/c1-6-10-12(14)13(18(5)16-10)17(4)8-11(19)15-7-9(2)3/h9H,6-8,14H2,1-5H3,(H,15,19). The molecule has 1 heterocycles. The van der Waals surface area contributed by atoms with Crippen molar-refractivity contribution in [3.8, 4) is 0 Å². The average Bonchev–Trinajstić information content (AvgIpc) is 2.61. The summed E-state index contributed by atoms with van der Waals surface area (Å²) in [4.78, 5) is 13.6. The van der Waals surface area contributed by atoms with Crippen molar-refractivity contribution in [3.63, 3.8) is 0 Å². The van der Waals surface area contributed by atoms with Gasteiger partial charge < -0.3 is 16.0 Å². The summed E-state index contributed by atoms with van der Waals surface area (Å²) in [6.45, 7) is 7.11. The van der Waals surface area contributed by atoms with E-state index in [1.807, 2.05) is 25.9 Å². The summed E-state index contributed by atoms with van der Waals surface area (Å²) in [5, 5.41) is 7.24. The van der Waals surface area contributed by atoms with E-state index in [4.69, 9.17) is 5.73 Å². The van der Waals surface area contributed by atoms with E-state index >= 15 is 0 Å². The maximum Gasteiger partial charge on any atom is 0.239 e. The molecule has 0 saturated carbocycles. The summed E-state index contributed by atoms with van der Waals surface area (Å²) in [7, 11) is 3.69. The van der Waals surface area contributed by atoms with Crippen LogP contribution < -0.4 is 16.0 Å². The lowest BCUT2D eigenvalue weighted by Gasteiger charge is -2.19. The molecule has 6 nitrogen and oxygen atoms in total. The van der Waals surface area contributed by atoms with Crippen molar-refractivity contribution < 1.29 is 4.79 Å². The van der Waals surface area contributed by atoms with Gasteiger partial charge in [-0.25, -0.2) is 0 Å². The third-order valence-electron chi connectivity index (χ3n) is 2.91. The maximum atomic E-state index is 11.8. The van der Waals surface area contributed by atoms with Gasteiger partial charge in [0.25, 0.3) is 0 Å². The summed E-state index contributed by atoms with van der Waals surface area (Å²) >= 11 is 0. The largest absolute Gasteiger partial charge is 0.394 e. The minimum Gasteiger partial charge on any atom is -0.394 e. The van der Waals surface area contributed by atoms with Crippen molar-refractivity contribution in [2.24, 2.45) is 13.0 Å². The molecule has 0 unspecified atom stereocenters. The maximum absolute atomic E-state index is 11.8. The van der Waals surface area contributed by atoms with Crippen LogP contribution in [0.5, 0.6) is 0 Å². The fourth-order valence-corrected chi connectivity index (χ4v) is 1.96. The van der Waals surface area contributed by atoms with Crippen LogP contribution in [0.15, 0.2) is 0 Å². The number of carbonyl (C=O) groups excluding carboxylic acids is 1. The van der Waals surface area contributed by atoms with E-state index in [0.29, 0.717) is 18.2 Å². The van der Waals surface area contributed by atoms with Crippen LogP contribution in [-0.4, -0.2) is 35.8 Å². The number of hydrogen-bond acceptors (Lipinski definition) is 4. The molecule has 0 aliphatic heterocycles. The van der Waals surface area contributed by atoms with Gasteiger partial charge in [-0.05, 0) is 12.3 Å². The van der Waals surface area contributed by atoms with Crippen molar-refractivity contribution in [1.29, 1.82) is 0 Å². The van der Waals surface area contributed by atoms with Crippen molar-refractivity contribution >= 4 is 17.4 Å². The lowest BCUT2D eigenvalue weighted by molar-refractivity contribution is -0.119. The van der Waals surface area contributed by atoms with Crippen LogP contribution in [0.3, 0.4) is 0 Å². The average molecular weight is 267 g/mol. The normalized spacial score (nSPS) is 10.8. The summed E-state index contributed by atoms with van der Waals surface area (Å²) in [6, 6.07) is 0. The van der Waals surface area contributed by atoms with E-state index in [9.17, 15) is 4.79 Å². The van der Waals surface area contributed by atoms with E-state index in [1.165, 1.54) is 0 Å². The smallest absolute Gasteiger partial charge is 0.239 e. The van der Waals surface area contributed by atoms with Crippen molar-refractivity contribution in [2.75, 3.05) is 30.8 Å². The molecular weight excluding hydrogens is 242 g/mol. The van der Waals surface area contributed by atoms with Gasteiger partial charge in [0.15, 0.2) is 5.82 Å². The van der Waals surface area contributed by atoms with Gasteiger partial charge in [-0.15, -0.1) is 0 Å². The summed E-state index contributed by atoms with van der Waals surface area (Å²) in [5.74, 6) is 1.23. The number of nitrogens with two attached hydrogens (primary N) is 1. The zero-order valence-electron chi connectivity index (χ0n) is 12.5. The number of likely N-dealkylation sites (N-methyl/N-ethyl adjacent to an activating group) is 1. The zero-order chi connectivity index (χ0) is 14.6. The van der Waals surface area contributed by atoms with E-state index in [-0.39, 0.29) is 12.5 Å². The molecular formula is C13H25N5O. The first-order valence-corrected chi connectivity index (χ1v) is 6.65. The summed E-state index contributed by atoms with van der Waals surface area (Å²) in [6.07, 6.45) is 0.785. The zero-order valence-corrected chi connectivity index (χ0v) is 12.5. The number of carbonyl (C=O) groups is 1. The molecule has 6 heteroatoms. The second kappa shape index (κ2) is 6.45. The Labute approximate surface area is 114 Å². The Morgan fingerprint density at radius 3 is 2.63 bits per heavy atom. The van der Waals surface area contributed by atoms with E-state index in [2.05, 4.69) is 24.3 Å². The highest BCUT2D eigenvalue weighted by molar-refractivity contribution is 5.82. The van der Waals surface area contributed by atoms with Gasteiger partial charge in [0.2, 0.25) is 5.91 Å². The molecule has 1 aromatic rings. The fraction of sp³-hybridized carbons (Fsp3) is 0.692. The summed E-state index contributed by atoms with van der Waals surface area (Å²) in [5.41, 5.74) is 7.58. The second-order valence-electron chi connectivity index (χ2n) is 5.22. The molecule has 0 bridgehead atoms. The van der Waals surface area contributed by atoms with Crippen LogP contribution in [0.4, 0.5) is 11.5 Å². The highest BCUT2D eigenvalue weighted by Crippen LogP contribution is 2.25. The van der Waals surface area contributed by atoms with Gasteiger partial charge >= 0.3 is 0 Å². The first-order chi connectivity index (χ1) is 8.86. The number of aromatic nitrogens is 2. The number of nitrogens with zero attached hydrogens (tertiary/aromatic N) is 3. The quantitative estimate of drug-likeness (QED) is 0.798. The van der Waals surface area contributed by atoms with Crippen LogP contribution in [-0.2, 0) is 18.3 Å². The number of anilines is 2. The minimum absolute atomic E-state index is 0.00477. The number of nitrogens with one attached hydrogen (secondary N) is 1. The molecule has 0 aliphatic rings. The van der Waals surface area contributed by atoms with Crippen LogP contribution in [0.1, 0.15) is 26.5 Å². The first-order valence-electron chi connectivity index (χ1n) is 6.65. The molecule has 108 valence electrons. The molecule has 0 spiro atoms. The Bertz CT molecular complexity index is 438.